The Morgan fingerprint density at radius 3 is 2.24 bits per heavy atom. The number of nitrogens with one attached hydrogen (secondary N) is 2. The Hall–Kier alpha value is -3.56. The number of aliphatic carboxylic acids is 1. The Morgan fingerprint density at radius 2 is 1.61 bits per heavy atom. The van der Waals surface area contributed by atoms with E-state index in [2.05, 4.69) is 5.32 Å². The molecule has 0 spiro atoms. The minimum Gasteiger partial charge on any atom is -0.480 e. The molecule has 0 saturated carbocycles. The Labute approximate surface area is 254 Å². The number of carbonyl (C=O) groups excluding carboxylic acids is 2. The van der Waals surface area contributed by atoms with E-state index in [0.29, 0.717) is 24.0 Å². The van der Waals surface area contributed by atoms with Crippen molar-refractivity contribution in [2.45, 2.75) is 42.0 Å². The predicted molar refractivity (Wildman–Crippen MR) is 165 cm³/mol. The lowest BCUT2D eigenvalue weighted by Crippen LogP contribution is -2.52. The quantitative estimate of drug-likeness (QED) is 0.128. The maximum Gasteiger partial charge on any atom is 0.326 e. The second-order valence-electron chi connectivity index (χ2n) is 9.72. The molecule has 2 amide bonds. The number of carbonyl (C=O) groups is 3. The maximum atomic E-state index is 13.1. The first-order valence-corrected chi connectivity index (χ1v) is 14.3. The highest BCUT2D eigenvalue weighted by molar-refractivity contribution is 14.0. The number of carboxylic acid groups (broad SMARTS) is 1. The van der Waals surface area contributed by atoms with Crippen molar-refractivity contribution in [3.63, 3.8) is 0 Å². The van der Waals surface area contributed by atoms with E-state index in [4.69, 9.17) is 16.9 Å². The third-order valence-electron chi connectivity index (χ3n) is 6.94. The number of nitrogens with zero attached hydrogens (tertiary/aromatic N) is 1. The number of halogens is 1. The zero-order valence-corrected chi connectivity index (χ0v) is 25.2. The molecule has 1 fully saturated rings. The van der Waals surface area contributed by atoms with Gasteiger partial charge in [0.1, 0.15) is 11.9 Å². The highest BCUT2D eigenvalue weighted by Gasteiger charge is 2.33. The van der Waals surface area contributed by atoms with Gasteiger partial charge in [0.05, 0.1) is 10.5 Å². The fourth-order valence-corrected chi connectivity index (χ4v) is 5.91. The van der Waals surface area contributed by atoms with E-state index < -0.39 is 33.1 Å². The molecule has 4 rings (SSSR count). The van der Waals surface area contributed by atoms with Crippen molar-refractivity contribution in [2.24, 2.45) is 11.5 Å². The summed E-state index contributed by atoms with van der Waals surface area (Å²) in [6.07, 6.45) is 2.55. The lowest BCUT2D eigenvalue weighted by Gasteiger charge is -2.27. The number of amides is 2. The Kier molecular flexibility index (Phi) is 10.4. The molecular formula is C28H32IN5O6S. The van der Waals surface area contributed by atoms with Crippen LogP contribution in [0.2, 0.25) is 0 Å². The number of nitrogens with two attached hydrogens (primary N) is 2. The summed E-state index contributed by atoms with van der Waals surface area (Å²) in [5, 5.41) is 19.3. The molecule has 3 aromatic carbocycles. The zero-order valence-electron chi connectivity index (χ0n) is 22.1. The summed E-state index contributed by atoms with van der Waals surface area (Å²) in [6.45, 7) is 1.21. The lowest BCUT2D eigenvalue weighted by atomic mass is 9.97. The first kappa shape index (κ1) is 32.0. The lowest BCUT2D eigenvalue weighted by molar-refractivity contribution is -0.141. The van der Waals surface area contributed by atoms with Crippen molar-refractivity contribution < 1.29 is 27.9 Å². The fourth-order valence-electron chi connectivity index (χ4n) is 4.72. The molecule has 11 nitrogen and oxygen atoms in total. The van der Waals surface area contributed by atoms with Crippen LogP contribution < -0.4 is 16.8 Å². The highest BCUT2D eigenvalue weighted by atomic mass is 127. The van der Waals surface area contributed by atoms with E-state index >= 15 is 0 Å². The Bertz CT molecular complexity index is 1590. The minimum atomic E-state index is -4.33. The van der Waals surface area contributed by atoms with Crippen LogP contribution in [0.3, 0.4) is 0 Å². The molecule has 1 aliphatic heterocycles. The third-order valence-corrected chi connectivity index (χ3v) is 8.74. The van der Waals surface area contributed by atoms with Gasteiger partial charge < -0.3 is 26.8 Å². The van der Waals surface area contributed by atoms with Gasteiger partial charge in [-0.2, -0.15) is 0 Å². The summed E-state index contributed by atoms with van der Waals surface area (Å²) in [5.41, 5.74) is 12.3. The van der Waals surface area contributed by atoms with Crippen molar-refractivity contribution in [1.82, 2.24) is 10.2 Å². The average Bonchev–Trinajstić information content (AvgIpc) is 2.95. The SMILES string of the molecule is I.N=C(N)c1cc(C[C@H](NC(=O)C(N)S(=O)(=O)c2ccc3ccccc3c2)C(=O)O)ccc1C(=O)N1CCCCC1. The molecule has 218 valence electrons. The number of likely N-dealkylation sites (tertiary alicyclic amines) is 1. The number of amidine groups is 1. The molecule has 7 N–H and O–H groups in total. The Balaban J connectivity index is 0.00000462. The molecule has 41 heavy (non-hydrogen) atoms. The molecule has 1 aliphatic rings. The van der Waals surface area contributed by atoms with Gasteiger partial charge in [-0.05, 0) is 59.9 Å². The van der Waals surface area contributed by atoms with Crippen molar-refractivity contribution in [3.05, 3.63) is 77.4 Å². The van der Waals surface area contributed by atoms with Crippen LogP contribution in [-0.2, 0) is 25.8 Å². The number of piperidine rings is 1. The van der Waals surface area contributed by atoms with Crippen LogP contribution in [0.5, 0.6) is 0 Å². The Morgan fingerprint density at radius 1 is 0.951 bits per heavy atom. The maximum absolute atomic E-state index is 13.1. The van der Waals surface area contributed by atoms with E-state index in [1.165, 1.54) is 30.3 Å². The van der Waals surface area contributed by atoms with Crippen molar-refractivity contribution in [2.75, 3.05) is 13.1 Å². The number of nitrogen functional groups attached to an aromatic ring is 1. The van der Waals surface area contributed by atoms with Gasteiger partial charge in [0.25, 0.3) is 11.8 Å². The molecule has 0 radical (unpaired) electrons. The van der Waals surface area contributed by atoms with Crippen molar-refractivity contribution in [3.8, 4) is 0 Å². The zero-order chi connectivity index (χ0) is 29.0. The van der Waals surface area contributed by atoms with Gasteiger partial charge in [-0.3, -0.25) is 15.0 Å². The summed E-state index contributed by atoms with van der Waals surface area (Å²) >= 11 is 0. The van der Waals surface area contributed by atoms with Crippen LogP contribution in [0.1, 0.15) is 40.7 Å². The summed E-state index contributed by atoms with van der Waals surface area (Å²) in [6, 6.07) is 14.3. The molecule has 1 heterocycles. The summed E-state index contributed by atoms with van der Waals surface area (Å²) in [7, 11) is -4.33. The molecule has 0 bridgehead atoms. The van der Waals surface area contributed by atoms with Gasteiger partial charge in [-0.15, -0.1) is 24.0 Å². The highest BCUT2D eigenvalue weighted by Crippen LogP contribution is 2.22. The van der Waals surface area contributed by atoms with Crippen LogP contribution in [0.4, 0.5) is 0 Å². The normalized spacial score (nSPS) is 14.9. The summed E-state index contributed by atoms with van der Waals surface area (Å²) in [4.78, 5) is 39.4. The van der Waals surface area contributed by atoms with E-state index in [9.17, 15) is 27.9 Å². The minimum absolute atomic E-state index is 0. The third kappa shape index (κ3) is 7.21. The van der Waals surface area contributed by atoms with Crippen molar-refractivity contribution in [1.29, 1.82) is 5.41 Å². The van der Waals surface area contributed by atoms with Gasteiger partial charge in [0.15, 0.2) is 5.37 Å². The second-order valence-corrected chi connectivity index (χ2v) is 11.8. The molecule has 3 aromatic rings. The fraction of sp³-hybridized carbons (Fsp3) is 0.286. The molecule has 13 heteroatoms. The van der Waals surface area contributed by atoms with Crippen LogP contribution in [-0.4, -0.2) is 66.5 Å². The number of hydrogen-bond acceptors (Lipinski definition) is 7. The van der Waals surface area contributed by atoms with Gasteiger partial charge >= 0.3 is 5.97 Å². The molecule has 1 saturated heterocycles. The predicted octanol–water partition coefficient (Wildman–Crippen LogP) is 2.24. The molecular weight excluding hydrogens is 661 g/mol. The summed E-state index contributed by atoms with van der Waals surface area (Å²) in [5.74, 6) is -3.21. The van der Waals surface area contributed by atoms with E-state index in [-0.39, 0.29) is 58.2 Å². The van der Waals surface area contributed by atoms with E-state index in [0.717, 1.165) is 24.6 Å². The standard InChI is InChI=1S/C28H31N5O6S.HI/c29-24(30)22-14-17(8-11-21(22)27(35)33-12-4-1-5-13-33)15-23(28(36)37)32-26(34)25(31)40(38,39)20-10-9-18-6-2-3-7-19(18)16-20;/h2-3,6-11,14,16,23,25H,1,4-5,12-13,15,31H2,(H3,29,30)(H,32,34)(H,36,37);1H/t23-,25?;/m0./s1. The number of fused-ring (bicyclic) bond motifs is 1. The first-order valence-electron chi connectivity index (χ1n) is 12.8. The van der Waals surface area contributed by atoms with Gasteiger partial charge in [-0.25, -0.2) is 13.2 Å². The van der Waals surface area contributed by atoms with E-state index in [1.54, 1.807) is 29.2 Å². The summed E-state index contributed by atoms with van der Waals surface area (Å²) < 4.78 is 26.1. The first-order chi connectivity index (χ1) is 19.0. The number of benzene rings is 3. The van der Waals surface area contributed by atoms with Gasteiger partial charge in [-0.1, -0.05) is 36.4 Å². The molecule has 0 aliphatic carbocycles. The van der Waals surface area contributed by atoms with Crippen LogP contribution >= 0.6 is 24.0 Å². The monoisotopic (exact) mass is 693 g/mol. The number of sulfone groups is 1. The molecule has 0 aromatic heterocycles. The largest absolute Gasteiger partial charge is 0.480 e. The molecule has 2 atom stereocenters. The van der Waals surface area contributed by atoms with Gasteiger partial charge in [0.2, 0.25) is 9.84 Å². The second kappa shape index (κ2) is 13.4. The van der Waals surface area contributed by atoms with E-state index in [1.807, 2.05) is 6.07 Å². The average molecular weight is 694 g/mol. The number of carboxylic acids is 1. The smallest absolute Gasteiger partial charge is 0.326 e. The number of rotatable bonds is 9. The van der Waals surface area contributed by atoms with Gasteiger partial charge in [0, 0.05) is 25.1 Å². The van der Waals surface area contributed by atoms with Crippen molar-refractivity contribution >= 4 is 68.2 Å². The molecule has 1 unspecified atom stereocenters. The van der Waals surface area contributed by atoms with Crippen LogP contribution in [0, 0.1) is 5.41 Å². The number of hydrogen-bond donors (Lipinski definition) is 5. The topological polar surface area (TPSA) is 197 Å². The van der Waals surface area contributed by atoms with Crippen LogP contribution in [0.25, 0.3) is 10.8 Å². The van der Waals surface area contributed by atoms with Crippen LogP contribution in [0.15, 0.2) is 65.6 Å².